The normalized spacial score (nSPS) is 18.3. The minimum absolute atomic E-state index is 0. The standard InChI is InChI=1S/C13H17F2N3O2.ClH/c1-9-7-18(5-4-16-9)13(19)10-2-3-12(17-6-10)20-8-11(14)15;/h2-3,6,9,11,16H,4-5,7-8H2,1H3;1H/t9-;/m1./s1. The van der Waals surface area contributed by atoms with Gasteiger partial charge in [0, 0.05) is 37.9 Å². The molecule has 0 spiro atoms. The maximum atomic E-state index is 12.2. The lowest BCUT2D eigenvalue weighted by Crippen LogP contribution is -2.51. The van der Waals surface area contributed by atoms with E-state index in [0.717, 1.165) is 6.54 Å². The molecule has 0 radical (unpaired) electrons. The molecule has 1 aliphatic heterocycles. The van der Waals surface area contributed by atoms with Crippen LogP contribution in [0.4, 0.5) is 8.78 Å². The molecule has 1 atom stereocenters. The maximum absolute atomic E-state index is 12.2. The molecule has 0 saturated carbocycles. The maximum Gasteiger partial charge on any atom is 0.272 e. The summed E-state index contributed by atoms with van der Waals surface area (Å²) in [7, 11) is 0. The van der Waals surface area contributed by atoms with Crippen LogP contribution in [0.2, 0.25) is 0 Å². The summed E-state index contributed by atoms with van der Waals surface area (Å²) in [5, 5.41) is 3.25. The number of aromatic nitrogens is 1. The van der Waals surface area contributed by atoms with Crippen molar-refractivity contribution in [2.75, 3.05) is 26.2 Å². The highest BCUT2D eigenvalue weighted by Gasteiger charge is 2.21. The molecule has 1 aromatic rings. The fraction of sp³-hybridized carbons (Fsp3) is 0.538. The third-order valence-corrected chi connectivity index (χ3v) is 3.00. The van der Waals surface area contributed by atoms with Gasteiger partial charge in [-0.3, -0.25) is 4.79 Å². The first-order valence-electron chi connectivity index (χ1n) is 6.46. The zero-order chi connectivity index (χ0) is 14.5. The summed E-state index contributed by atoms with van der Waals surface area (Å²) in [5.74, 6) is -0.0122. The summed E-state index contributed by atoms with van der Waals surface area (Å²) in [6, 6.07) is 3.23. The van der Waals surface area contributed by atoms with Gasteiger partial charge in [0.2, 0.25) is 5.88 Å². The average molecular weight is 322 g/mol. The van der Waals surface area contributed by atoms with E-state index in [1.165, 1.54) is 12.3 Å². The molecular formula is C13H18ClF2N3O2. The zero-order valence-corrected chi connectivity index (χ0v) is 12.4. The fourth-order valence-corrected chi connectivity index (χ4v) is 2.04. The molecule has 0 bridgehead atoms. The van der Waals surface area contributed by atoms with Crippen molar-refractivity contribution >= 4 is 18.3 Å². The molecular weight excluding hydrogens is 304 g/mol. The van der Waals surface area contributed by atoms with Crippen molar-refractivity contribution in [2.24, 2.45) is 0 Å². The van der Waals surface area contributed by atoms with E-state index in [-0.39, 0.29) is 30.2 Å². The van der Waals surface area contributed by atoms with Gasteiger partial charge in [-0.05, 0) is 13.0 Å². The number of carbonyl (C=O) groups is 1. The Morgan fingerprint density at radius 3 is 2.90 bits per heavy atom. The van der Waals surface area contributed by atoms with Crippen LogP contribution >= 0.6 is 12.4 Å². The van der Waals surface area contributed by atoms with E-state index < -0.39 is 13.0 Å². The van der Waals surface area contributed by atoms with Gasteiger partial charge in [-0.2, -0.15) is 0 Å². The first-order chi connectivity index (χ1) is 9.56. The number of rotatable bonds is 4. The first kappa shape index (κ1) is 17.6. The van der Waals surface area contributed by atoms with E-state index in [9.17, 15) is 13.6 Å². The highest BCUT2D eigenvalue weighted by Crippen LogP contribution is 2.12. The van der Waals surface area contributed by atoms with Crippen molar-refractivity contribution < 1.29 is 18.3 Å². The van der Waals surface area contributed by atoms with Crippen molar-refractivity contribution in [3.63, 3.8) is 0 Å². The van der Waals surface area contributed by atoms with Crippen LogP contribution in [-0.4, -0.2) is 54.5 Å². The topological polar surface area (TPSA) is 54.5 Å². The number of ether oxygens (including phenoxy) is 1. The van der Waals surface area contributed by atoms with Gasteiger partial charge in [-0.1, -0.05) is 0 Å². The molecule has 1 aromatic heterocycles. The van der Waals surface area contributed by atoms with Gasteiger partial charge in [-0.25, -0.2) is 13.8 Å². The minimum Gasteiger partial charge on any atom is -0.472 e. The number of amides is 1. The van der Waals surface area contributed by atoms with Crippen LogP contribution < -0.4 is 10.1 Å². The number of carbonyl (C=O) groups excluding carboxylic acids is 1. The largest absolute Gasteiger partial charge is 0.472 e. The van der Waals surface area contributed by atoms with Gasteiger partial charge < -0.3 is 15.0 Å². The van der Waals surface area contributed by atoms with Crippen molar-refractivity contribution in [3.05, 3.63) is 23.9 Å². The zero-order valence-electron chi connectivity index (χ0n) is 11.6. The number of hydrogen-bond donors (Lipinski definition) is 1. The Balaban J connectivity index is 0.00000220. The Bertz CT molecular complexity index is 459. The second-order valence-electron chi connectivity index (χ2n) is 4.69. The molecule has 1 amide bonds. The lowest BCUT2D eigenvalue weighted by Gasteiger charge is -2.31. The van der Waals surface area contributed by atoms with Crippen molar-refractivity contribution in [1.29, 1.82) is 0 Å². The number of hydrogen-bond acceptors (Lipinski definition) is 4. The predicted octanol–water partition coefficient (Wildman–Crippen LogP) is 1.58. The van der Waals surface area contributed by atoms with Crippen molar-refractivity contribution in [3.8, 4) is 5.88 Å². The molecule has 1 N–H and O–H groups in total. The summed E-state index contributed by atoms with van der Waals surface area (Å²) in [4.78, 5) is 17.8. The van der Waals surface area contributed by atoms with Crippen LogP contribution in [0.1, 0.15) is 17.3 Å². The third-order valence-electron chi connectivity index (χ3n) is 3.00. The molecule has 21 heavy (non-hydrogen) atoms. The summed E-state index contributed by atoms with van der Waals surface area (Å²) in [6.07, 6.45) is -1.18. The molecule has 2 heterocycles. The molecule has 1 aliphatic rings. The van der Waals surface area contributed by atoms with Crippen LogP contribution in [0.15, 0.2) is 18.3 Å². The average Bonchev–Trinajstić information content (AvgIpc) is 2.45. The van der Waals surface area contributed by atoms with Gasteiger partial charge in [-0.15, -0.1) is 12.4 Å². The Labute approximate surface area is 128 Å². The van der Waals surface area contributed by atoms with Crippen LogP contribution in [0, 0.1) is 0 Å². The van der Waals surface area contributed by atoms with E-state index in [4.69, 9.17) is 4.74 Å². The van der Waals surface area contributed by atoms with Gasteiger partial charge in [0.05, 0.1) is 5.56 Å². The van der Waals surface area contributed by atoms with Crippen molar-refractivity contribution in [2.45, 2.75) is 19.4 Å². The molecule has 2 rings (SSSR count). The van der Waals surface area contributed by atoms with Gasteiger partial charge >= 0.3 is 0 Å². The lowest BCUT2D eigenvalue weighted by molar-refractivity contribution is 0.0706. The number of alkyl halides is 2. The fourth-order valence-electron chi connectivity index (χ4n) is 2.04. The van der Waals surface area contributed by atoms with E-state index in [2.05, 4.69) is 10.3 Å². The third kappa shape index (κ3) is 5.09. The predicted molar refractivity (Wildman–Crippen MR) is 76.4 cm³/mol. The molecule has 8 heteroatoms. The number of nitrogens with zero attached hydrogens (tertiary/aromatic N) is 2. The van der Waals surface area contributed by atoms with E-state index in [0.29, 0.717) is 18.7 Å². The Kier molecular flexibility index (Phi) is 6.77. The van der Waals surface area contributed by atoms with E-state index in [1.54, 1.807) is 11.0 Å². The number of piperazine rings is 1. The molecule has 118 valence electrons. The minimum atomic E-state index is -2.54. The highest BCUT2D eigenvalue weighted by atomic mass is 35.5. The van der Waals surface area contributed by atoms with Crippen LogP contribution in [0.3, 0.4) is 0 Å². The van der Waals surface area contributed by atoms with Gasteiger partial charge in [0.25, 0.3) is 12.3 Å². The summed E-state index contributed by atoms with van der Waals surface area (Å²) in [6.45, 7) is 3.36. The summed E-state index contributed by atoms with van der Waals surface area (Å²) < 4.78 is 28.7. The molecule has 1 fully saturated rings. The highest BCUT2D eigenvalue weighted by molar-refractivity contribution is 5.94. The van der Waals surface area contributed by atoms with Crippen LogP contribution in [-0.2, 0) is 0 Å². The van der Waals surface area contributed by atoms with Gasteiger partial charge in [0.15, 0.2) is 6.61 Å². The van der Waals surface area contributed by atoms with Crippen LogP contribution in [0.25, 0.3) is 0 Å². The number of nitrogens with one attached hydrogen (secondary N) is 1. The summed E-state index contributed by atoms with van der Waals surface area (Å²) in [5.41, 5.74) is 0.434. The Hall–Kier alpha value is -1.47. The van der Waals surface area contributed by atoms with Crippen LogP contribution in [0.5, 0.6) is 5.88 Å². The first-order valence-corrected chi connectivity index (χ1v) is 6.46. The quantitative estimate of drug-likeness (QED) is 0.915. The number of halogens is 3. The molecule has 5 nitrogen and oxygen atoms in total. The monoisotopic (exact) mass is 321 g/mol. The Morgan fingerprint density at radius 2 is 2.33 bits per heavy atom. The second kappa shape index (κ2) is 8.09. The van der Waals surface area contributed by atoms with Gasteiger partial charge in [0.1, 0.15) is 0 Å². The molecule has 0 unspecified atom stereocenters. The second-order valence-corrected chi connectivity index (χ2v) is 4.69. The van der Waals surface area contributed by atoms with E-state index >= 15 is 0 Å². The number of pyridine rings is 1. The lowest BCUT2D eigenvalue weighted by atomic mass is 10.2. The molecule has 0 aromatic carbocycles. The molecule has 1 saturated heterocycles. The van der Waals surface area contributed by atoms with Crippen molar-refractivity contribution in [1.82, 2.24) is 15.2 Å². The summed E-state index contributed by atoms with van der Waals surface area (Å²) >= 11 is 0. The van der Waals surface area contributed by atoms with E-state index in [1.807, 2.05) is 6.92 Å². The SMILES string of the molecule is C[C@@H]1CN(C(=O)c2ccc(OCC(F)F)nc2)CCN1.Cl. The molecule has 0 aliphatic carbocycles. The smallest absolute Gasteiger partial charge is 0.272 e. The Morgan fingerprint density at radius 1 is 1.57 bits per heavy atom.